The van der Waals surface area contributed by atoms with Gasteiger partial charge < -0.3 is 9.84 Å². The fourth-order valence-corrected chi connectivity index (χ4v) is 2.11. The SMILES string of the molecule is CCCCOC(=O)CCC(O)c1ccccc1Br. The summed E-state index contributed by atoms with van der Waals surface area (Å²) in [6, 6.07) is 7.47. The zero-order valence-electron chi connectivity index (χ0n) is 10.6. The lowest BCUT2D eigenvalue weighted by atomic mass is 10.1. The average molecular weight is 315 g/mol. The van der Waals surface area contributed by atoms with Gasteiger partial charge in [-0.05, 0) is 24.5 Å². The van der Waals surface area contributed by atoms with Gasteiger partial charge in [0.05, 0.1) is 12.7 Å². The summed E-state index contributed by atoms with van der Waals surface area (Å²) in [6.07, 6.45) is 1.88. The normalized spacial score (nSPS) is 12.2. The monoisotopic (exact) mass is 314 g/mol. The Balaban J connectivity index is 2.35. The van der Waals surface area contributed by atoms with Crippen LogP contribution in [0.3, 0.4) is 0 Å². The van der Waals surface area contributed by atoms with Gasteiger partial charge in [-0.2, -0.15) is 0 Å². The minimum Gasteiger partial charge on any atom is -0.466 e. The Morgan fingerprint density at radius 1 is 1.44 bits per heavy atom. The molecule has 0 amide bonds. The van der Waals surface area contributed by atoms with Crippen molar-refractivity contribution >= 4 is 21.9 Å². The number of hydrogen-bond acceptors (Lipinski definition) is 3. The van der Waals surface area contributed by atoms with Gasteiger partial charge in [0, 0.05) is 10.9 Å². The highest BCUT2D eigenvalue weighted by atomic mass is 79.9. The van der Waals surface area contributed by atoms with Crippen LogP contribution in [0.5, 0.6) is 0 Å². The van der Waals surface area contributed by atoms with Crippen LogP contribution in [0.1, 0.15) is 44.3 Å². The molecule has 1 rings (SSSR count). The molecule has 0 heterocycles. The van der Waals surface area contributed by atoms with E-state index in [0.717, 1.165) is 22.9 Å². The fourth-order valence-electron chi connectivity index (χ4n) is 1.56. The maximum atomic E-state index is 11.4. The van der Waals surface area contributed by atoms with Gasteiger partial charge >= 0.3 is 5.97 Å². The first kappa shape index (κ1) is 15.2. The third-order valence-corrected chi connectivity index (χ3v) is 3.37. The van der Waals surface area contributed by atoms with E-state index in [1.165, 1.54) is 0 Å². The summed E-state index contributed by atoms with van der Waals surface area (Å²) in [5, 5.41) is 9.98. The topological polar surface area (TPSA) is 46.5 Å². The highest BCUT2D eigenvalue weighted by molar-refractivity contribution is 9.10. The molecule has 1 aromatic rings. The fraction of sp³-hybridized carbons (Fsp3) is 0.500. The quantitative estimate of drug-likeness (QED) is 0.618. The zero-order chi connectivity index (χ0) is 13.4. The van der Waals surface area contributed by atoms with Crippen LogP contribution in [0.2, 0.25) is 0 Å². The zero-order valence-corrected chi connectivity index (χ0v) is 12.1. The van der Waals surface area contributed by atoms with E-state index in [1.807, 2.05) is 31.2 Å². The molecule has 3 nitrogen and oxygen atoms in total. The van der Waals surface area contributed by atoms with E-state index in [0.29, 0.717) is 13.0 Å². The van der Waals surface area contributed by atoms with Crippen LogP contribution < -0.4 is 0 Å². The van der Waals surface area contributed by atoms with Crippen LogP contribution in [0, 0.1) is 0 Å². The molecule has 100 valence electrons. The summed E-state index contributed by atoms with van der Waals surface area (Å²) in [6.45, 7) is 2.52. The van der Waals surface area contributed by atoms with Crippen molar-refractivity contribution in [3.8, 4) is 0 Å². The lowest BCUT2D eigenvalue weighted by molar-refractivity contribution is -0.144. The van der Waals surface area contributed by atoms with Crippen molar-refractivity contribution in [1.29, 1.82) is 0 Å². The molecule has 1 aromatic carbocycles. The highest BCUT2D eigenvalue weighted by Crippen LogP contribution is 2.26. The molecule has 0 spiro atoms. The molecule has 0 aromatic heterocycles. The third kappa shape index (κ3) is 5.19. The first-order valence-corrected chi connectivity index (χ1v) is 7.02. The number of ether oxygens (including phenoxy) is 1. The molecule has 0 bridgehead atoms. The molecule has 0 radical (unpaired) electrons. The van der Waals surface area contributed by atoms with E-state index in [2.05, 4.69) is 15.9 Å². The third-order valence-electron chi connectivity index (χ3n) is 2.65. The largest absolute Gasteiger partial charge is 0.466 e. The maximum absolute atomic E-state index is 11.4. The van der Waals surface area contributed by atoms with Crippen molar-refractivity contribution in [3.05, 3.63) is 34.3 Å². The van der Waals surface area contributed by atoms with Crippen molar-refractivity contribution in [2.45, 2.75) is 38.7 Å². The van der Waals surface area contributed by atoms with E-state index in [1.54, 1.807) is 0 Å². The van der Waals surface area contributed by atoms with Gasteiger partial charge in [0.2, 0.25) is 0 Å². The van der Waals surface area contributed by atoms with Crippen molar-refractivity contribution in [3.63, 3.8) is 0 Å². The summed E-state index contributed by atoms with van der Waals surface area (Å²) >= 11 is 3.38. The lowest BCUT2D eigenvalue weighted by Crippen LogP contribution is -2.08. The van der Waals surface area contributed by atoms with Crippen LogP contribution >= 0.6 is 15.9 Å². The second-order valence-corrected chi connectivity index (χ2v) is 5.00. The van der Waals surface area contributed by atoms with Gasteiger partial charge in [-0.25, -0.2) is 0 Å². The van der Waals surface area contributed by atoms with E-state index >= 15 is 0 Å². The van der Waals surface area contributed by atoms with E-state index in [-0.39, 0.29) is 12.4 Å². The molecule has 1 atom stereocenters. The van der Waals surface area contributed by atoms with Crippen LogP contribution in [-0.4, -0.2) is 17.7 Å². The molecule has 4 heteroatoms. The molecule has 0 aliphatic rings. The Morgan fingerprint density at radius 2 is 2.17 bits per heavy atom. The summed E-state index contributed by atoms with van der Waals surface area (Å²) in [4.78, 5) is 11.4. The van der Waals surface area contributed by atoms with E-state index in [9.17, 15) is 9.90 Å². The summed E-state index contributed by atoms with van der Waals surface area (Å²) in [5.41, 5.74) is 0.804. The minimum absolute atomic E-state index is 0.241. The second kappa shape index (κ2) is 8.27. The lowest BCUT2D eigenvalue weighted by Gasteiger charge is -2.12. The Hall–Kier alpha value is -0.870. The number of benzene rings is 1. The molecule has 0 aliphatic heterocycles. The number of halogens is 1. The van der Waals surface area contributed by atoms with Crippen molar-refractivity contribution < 1.29 is 14.6 Å². The van der Waals surface area contributed by atoms with Crippen molar-refractivity contribution in [1.82, 2.24) is 0 Å². The highest BCUT2D eigenvalue weighted by Gasteiger charge is 2.13. The smallest absolute Gasteiger partial charge is 0.305 e. The van der Waals surface area contributed by atoms with Gasteiger partial charge in [0.15, 0.2) is 0 Å². The van der Waals surface area contributed by atoms with E-state index < -0.39 is 6.10 Å². The summed E-state index contributed by atoms with van der Waals surface area (Å²) < 4.78 is 5.90. The Labute approximate surface area is 116 Å². The first-order valence-electron chi connectivity index (χ1n) is 6.23. The van der Waals surface area contributed by atoms with Gasteiger partial charge in [-0.15, -0.1) is 0 Å². The van der Waals surface area contributed by atoms with Crippen LogP contribution in [0.15, 0.2) is 28.7 Å². The Morgan fingerprint density at radius 3 is 2.83 bits per heavy atom. The summed E-state index contributed by atoms with van der Waals surface area (Å²) in [7, 11) is 0. The molecular weight excluding hydrogens is 296 g/mol. The number of esters is 1. The number of unbranched alkanes of at least 4 members (excludes halogenated alkanes) is 1. The molecule has 0 aliphatic carbocycles. The Kier molecular flexibility index (Phi) is 6.98. The average Bonchev–Trinajstić information content (AvgIpc) is 2.37. The van der Waals surface area contributed by atoms with Gasteiger partial charge in [-0.3, -0.25) is 4.79 Å². The summed E-state index contributed by atoms with van der Waals surface area (Å²) in [5.74, 6) is -0.241. The molecule has 1 N–H and O–H groups in total. The first-order chi connectivity index (χ1) is 8.65. The van der Waals surface area contributed by atoms with Crippen LogP contribution in [-0.2, 0) is 9.53 Å². The maximum Gasteiger partial charge on any atom is 0.305 e. The Bertz CT molecular complexity index is 379. The van der Waals surface area contributed by atoms with Gasteiger partial charge in [0.1, 0.15) is 0 Å². The second-order valence-electron chi connectivity index (χ2n) is 4.15. The number of rotatable bonds is 7. The molecule has 0 saturated heterocycles. The minimum atomic E-state index is -0.640. The molecule has 18 heavy (non-hydrogen) atoms. The molecule has 0 fully saturated rings. The van der Waals surface area contributed by atoms with Crippen molar-refractivity contribution in [2.24, 2.45) is 0 Å². The van der Waals surface area contributed by atoms with Gasteiger partial charge in [-0.1, -0.05) is 47.5 Å². The van der Waals surface area contributed by atoms with Crippen LogP contribution in [0.4, 0.5) is 0 Å². The predicted octanol–water partition coefficient (Wildman–Crippen LogP) is 3.61. The number of carbonyl (C=O) groups excluding carboxylic acids is 1. The number of aliphatic hydroxyl groups excluding tert-OH is 1. The van der Waals surface area contributed by atoms with E-state index in [4.69, 9.17) is 4.74 Å². The van der Waals surface area contributed by atoms with Crippen LogP contribution in [0.25, 0.3) is 0 Å². The molecular formula is C14H19BrO3. The molecule has 0 saturated carbocycles. The number of carbonyl (C=O) groups is 1. The van der Waals surface area contributed by atoms with Gasteiger partial charge in [0.25, 0.3) is 0 Å². The standard InChI is InChI=1S/C14H19BrO3/c1-2-3-10-18-14(17)9-8-13(16)11-6-4-5-7-12(11)15/h4-7,13,16H,2-3,8-10H2,1H3. The number of aliphatic hydroxyl groups is 1. The van der Waals surface area contributed by atoms with Crippen molar-refractivity contribution in [2.75, 3.05) is 6.61 Å². The predicted molar refractivity (Wildman–Crippen MR) is 74.2 cm³/mol. The number of hydrogen-bond donors (Lipinski definition) is 1. The molecule has 1 unspecified atom stereocenters.